The van der Waals surface area contributed by atoms with Crippen LogP contribution in [0.15, 0.2) is 24.3 Å². The molecule has 1 aromatic rings. The van der Waals surface area contributed by atoms with Crippen molar-refractivity contribution >= 4 is 5.69 Å². The van der Waals surface area contributed by atoms with Crippen LogP contribution in [0.4, 0.5) is 5.69 Å². The van der Waals surface area contributed by atoms with Gasteiger partial charge in [-0.05, 0) is 11.6 Å². The fourth-order valence-electron chi connectivity index (χ4n) is 1.18. The lowest BCUT2D eigenvalue weighted by Crippen LogP contribution is -2.32. The molecule has 0 aromatic heterocycles. The monoisotopic (exact) mass is 165 g/mol. The first-order valence-corrected chi connectivity index (χ1v) is 3.93. The molecule has 12 heavy (non-hydrogen) atoms. The molecule has 0 bridgehead atoms. The molecule has 0 aliphatic carbocycles. The minimum atomic E-state index is -0.0882. The first-order chi connectivity index (χ1) is 5.86. The zero-order chi connectivity index (χ0) is 8.39. The molecule has 0 amide bonds. The molecular formula is C9H11NO2. The quantitative estimate of drug-likeness (QED) is 0.668. The van der Waals surface area contributed by atoms with E-state index in [1.165, 1.54) is 0 Å². The van der Waals surface area contributed by atoms with Crippen molar-refractivity contribution in [3.8, 4) is 0 Å². The van der Waals surface area contributed by atoms with Gasteiger partial charge in [-0.25, -0.2) is 0 Å². The summed E-state index contributed by atoms with van der Waals surface area (Å²) in [5.74, 6) is 0. The van der Waals surface area contributed by atoms with Crippen LogP contribution >= 0.6 is 0 Å². The van der Waals surface area contributed by atoms with E-state index < -0.39 is 0 Å². The number of nitrogens with two attached hydrogens (primary N) is 1. The van der Waals surface area contributed by atoms with Crippen LogP contribution in [0.1, 0.15) is 5.56 Å². The van der Waals surface area contributed by atoms with Crippen LogP contribution in [0.2, 0.25) is 0 Å². The molecule has 2 rings (SSSR count). The summed E-state index contributed by atoms with van der Waals surface area (Å²) in [6, 6.07) is 7.75. The first kappa shape index (κ1) is 7.58. The van der Waals surface area contributed by atoms with Gasteiger partial charge in [0.1, 0.15) is 0 Å². The Bertz CT molecular complexity index is 271. The molecule has 0 atom stereocenters. The smallest absolute Gasteiger partial charge is 0.167 e. The summed E-state index contributed by atoms with van der Waals surface area (Å²) in [6.45, 7) is 0.414. The molecule has 1 fully saturated rings. The zero-order valence-corrected chi connectivity index (χ0v) is 6.69. The van der Waals surface area contributed by atoms with Crippen LogP contribution in [-0.2, 0) is 15.9 Å². The maximum atomic E-state index is 5.74. The second kappa shape index (κ2) is 3.13. The van der Waals surface area contributed by atoms with Crippen molar-refractivity contribution in [2.24, 2.45) is 0 Å². The van der Waals surface area contributed by atoms with Crippen molar-refractivity contribution in [3.63, 3.8) is 0 Å². The third kappa shape index (κ3) is 1.42. The van der Waals surface area contributed by atoms with Gasteiger partial charge in [0.05, 0.1) is 0 Å². The van der Waals surface area contributed by atoms with Crippen molar-refractivity contribution in [3.05, 3.63) is 29.8 Å². The molecule has 0 unspecified atom stereocenters. The molecule has 1 heterocycles. The molecule has 0 radical (unpaired) electrons. The average Bonchev–Trinajstić information content (AvgIpc) is 2.00. The summed E-state index contributed by atoms with van der Waals surface area (Å²) in [5.41, 5.74) is 7.62. The maximum Gasteiger partial charge on any atom is 0.167 e. The van der Waals surface area contributed by atoms with Gasteiger partial charge in [-0.3, -0.25) is 0 Å². The van der Waals surface area contributed by atoms with Gasteiger partial charge >= 0.3 is 0 Å². The standard InChI is InChI=1S/C9H11NO2/c10-8-4-2-1-3-7(8)5-9-11-6-12-9/h1-4,9H,5-6,10H2. The number of hydrogen-bond donors (Lipinski definition) is 1. The second-order valence-corrected chi connectivity index (χ2v) is 2.78. The van der Waals surface area contributed by atoms with Crippen molar-refractivity contribution in [1.29, 1.82) is 0 Å². The molecule has 1 aromatic carbocycles. The number of benzene rings is 1. The highest BCUT2D eigenvalue weighted by molar-refractivity contribution is 5.46. The van der Waals surface area contributed by atoms with Crippen LogP contribution in [-0.4, -0.2) is 13.1 Å². The van der Waals surface area contributed by atoms with E-state index >= 15 is 0 Å². The first-order valence-electron chi connectivity index (χ1n) is 3.93. The van der Waals surface area contributed by atoms with Gasteiger partial charge < -0.3 is 15.2 Å². The summed E-state index contributed by atoms with van der Waals surface area (Å²) < 4.78 is 10.2. The van der Waals surface area contributed by atoms with Crippen molar-refractivity contribution in [2.75, 3.05) is 12.5 Å². The van der Waals surface area contributed by atoms with Crippen LogP contribution in [0, 0.1) is 0 Å². The van der Waals surface area contributed by atoms with E-state index in [0.717, 1.165) is 17.7 Å². The Labute approximate surface area is 71.1 Å². The Kier molecular flexibility index (Phi) is 1.98. The Hall–Kier alpha value is -1.06. The molecule has 1 aliphatic rings. The topological polar surface area (TPSA) is 44.5 Å². The third-order valence-corrected chi connectivity index (χ3v) is 1.95. The minimum Gasteiger partial charge on any atom is -0.399 e. The number of nitrogen functional groups attached to an aromatic ring is 1. The molecular weight excluding hydrogens is 154 g/mol. The van der Waals surface area contributed by atoms with E-state index in [-0.39, 0.29) is 6.29 Å². The number of hydrogen-bond acceptors (Lipinski definition) is 3. The SMILES string of the molecule is Nc1ccccc1CC1OCO1. The van der Waals surface area contributed by atoms with Gasteiger partial charge in [0, 0.05) is 12.1 Å². The van der Waals surface area contributed by atoms with Crippen molar-refractivity contribution in [1.82, 2.24) is 0 Å². The molecule has 1 saturated heterocycles. The second-order valence-electron chi connectivity index (χ2n) is 2.78. The molecule has 2 N–H and O–H groups in total. The number of anilines is 1. The Morgan fingerprint density at radius 1 is 1.33 bits per heavy atom. The minimum absolute atomic E-state index is 0.0882. The fourth-order valence-corrected chi connectivity index (χ4v) is 1.18. The van der Waals surface area contributed by atoms with Crippen molar-refractivity contribution in [2.45, 2.75) is 12.7 Å². The summed E-state index contributed by atoms with van der Waals surface area (Å²) in [6.07, 6.45) is 0.654. The zero-order valence-electron chi connectivity index (χ0n) is 6.69. The van der Waals surface area contributed by atoms with E-state index in [4.69, 9.17) is 15.2 Å². The molecule has 64 valence electrons. The van der Waals surface area contributed by atoms with Crippen LogP contribution in [0.5, 0.6) is 0 Å². The van der Waals surface area contributed by atoms with Gasteiger partial charge in [-0.15, -0.1) is 0 Å². The van der Waals surface area contributed by atoms with E-state index in [9.17, 15) is 0 Å². The summed E-state index contributed by atoms with van der Waals surface area (Å²) in [4.78, 5) is 0. The number of para-hydroxylation sites is 1. The average molecular weight is 165 g/mol. The summed E-state index contributed by atoms with van der Waals surface area (Å²) in [5, 5.41) is 0. The molecule has 3 heteroatoms. The van der Waals surface area contributed by atoms with Gasteiger partial charge in [0.2, 0.25) is 0 Å². The van der Waals surface area contributed by atoms with E-state index in [2.05, 4.69) is 0 Å². The lowest BCUT2D eigenvalue weighted by molar-refractivity contribution is -0.318. The Morgan fingerprint density at radius 3 is 2.67 bits per heavy atom. The number of rotatable bonds is 2. The number of ether oxygens (including phenoxy) is 2. The lowest BCUT2D eigenvalue weighted by atomic mass is 10.1. The predicted octanol–water partition coefficient (Wildman–Crippen LogP) is 1.14. The highest BCUT2D eigenvalue weighted by atomic mass is 16.8. The van der Waals surface area contributed by atoms with Crippen LogP contribution < -0.4 is 5.73 Å². The van der Waals surface area contributed by atoms with E-state index in [1.807, 2.05) is 24.3 Å². The highest BCUT2D eigenvalue weighted by Crippen LogP contribution is 2.18. The maximum absolute atomic E-state index is 5.74. The molecule has 0 spiro atoms. The Balaban J connectivity index is 2.06. The largest absolute Gasteiger partial charge is 0.399 e. The van der Waals surface area contributed by atoms with Crippen LogP contribution in [0.3, 0.4) is 0 Å². The van der Waals surface area contributed by atoms with Crippen LogP contribution in [0.25, 0.3) is 0 Å². The Morgan fingerprint density at radius 2 is 2.08 bits per heavy atom. The highest BCUT2D eigenvalue weighted by Gasteiger charge is 2.19. The van der Waals surface area contributed by atoms with Gasteiger partial charge in [-0.1, -0.05) is 18.2 Å². The molecule has 0 saturated carbocycles. The van der Waals surface area contributed by atoms with E-state index in [0.29, 0.717) is 6.79 Å². The predicted molar refractivity (Wildman–Crippen MR) is 45.4 cm³/mol. The fraction of sp³-hybridized carbons (Fsp3) is 0.333. The normalized spacial score (nSPS) is 17.3. The summed E-state index contributed by atoms with van der Waals surface area (Å²) >= 11 is 0. The van der Waals surface area contributed by atoms with Gasteiger partial charge in [0.25, 0.3) is 0 Å². The molecule has 1 aliphatic heterocycles. The van der Waals surface area contributed by atoms with Crippen molar-refractivity contribution < 1.29 is 9.47 Å². The van der Waals surface area contributed by atoms with E-state index in [1.54, 1.807) is 0 Å². The van der Waals surface area contributed by atoms with Gasteiger partial charge in [-0.2, -0.15) is 0 Å². The lowest BCUT2D eigenvalue weighted by Gasteiger charge is -2.27. The molecule has 3 nitrogen and oxygen atoms in total. The third-order valence-electron chi connectivity index (χ3n) is 1.95. The van der Waals surface area contributed by atoms with Gasteiger partial charge in [0.15, 0.2) is 13.1 Å². The summed E-state index contributed by atoms with van der Waals surface area (Å²) in [7, 11) is 0.